The maximum atomic E-state index is 13.8. The summed E-state index contributed by atoms with van der Waals surface area (Å²) >= 11 is 0. The molecule has 0 N–H and O–H groups in total. The Hall–Kier alpha value is -1.76. The molecule has 0 radical (unpaired) electrons. The van der Waals surface area contributed by atoms with Crippen molar-refractivity contribution in [3.63, 3.8) is 0 Å². The molecule has 0 atom stereocenters. The Labute approximate surface area is 127 Å². The molecule has 2 rings (SSSR count). The van der Waals surface area contributed by atoms with Crippen LogP contribution < -0.4 is 4.90 Å². The van der Waals surface area contributed by atoms with Gasteiger partial charge in [-0.2, -0.15) is 0 Å². The van der Waals surface area contributed by atoms with E-state index in [1.54, 1.807) is 20.8 Å². The van der Waals surface area contributed by atoms with Crippen LogP contribution in [0.15, 0.2) is 12.1 Å². The van der Waals surface area contributed by atoms with Gasteiger partial charge in [0.2, 0.25) is 0 Å². The van der Waals surface area contributed by atoms with Crippen LogP contribution >= 0.6 is 0 Å². The van der Waals surface area contributed by atoms with Crippen molar-refractivity contribution < 1.29 is 22.8 Å². The van der Waals surface area contributed by atoms with E-state index in [4.69, 9.17) is 4.84 Å². The normalized spacial score (nSPS) is 16.7. The van der Waals surface area contributed by atoms with E-state index in [9.17, 15) is 18.0 Å². The molecule has 0 aromatic heterocycles. The van der Waals surface area contributed by atoms with Gasteiger partial charge >= 0.3 is 5.97 Å². The van der Waals surface area contributed by atoms with Gasteiger partial charge < -0.3 is 9.74 Å². The minimum Gasteiger partial charge on any atom is -0.367 e. The molecule has 0 amide bonds. The molecule has 0 spiro atoms. The summed E-state index contributed by atoms with van der Waals surface area (Å²) in [4.78, 5) is 18.4. The summed E-state index contributed by atoms with van der Waals surface area (Å²) in [6.07, 6.45) is 0. The third-order valence-electron chi connectivity index (χ3n) is 3.40. The number of hydroxylamine groups is 2. The third-order valence-corrected chi connectivity index (χ3v) is 3.40. The highest BCUT2D eigenvalue weighted by molar-refractivity contribution is 5.75. The van der Waals surface area contributed by atoms with E-state index in [1.165, 1.54) is 9.96 Å². The summed E-state index contributed by atoms with van der Waals surface area (Å²) in [6.45, 7) is 6.26. The molecule has 22 heavy (non-hydrogen) atoms. The molecule has 0 aliphatic carbocycles. The van der Waals surface area contributed by atoms with E-state index in [2.05, 4.69) is 0 Å². The largest absolute Gasteiger partial charge is 0.367 e. The highest BCUT2D eigenvalue weighted by Gasteiger charge is 2.29. The van der Waals surface area contributed by atoms with Crippen LogP contribution in [-0.4, -0.2) is 37.2 Å². The van der Waals surface area contributed by atoms with Crippen LogP contribution in [0.3, 0.4) is 0 Å². The van der Waals surface area contributed by atoms with E-state index in [0.29, 0.717) is 0 Å². The molecular formula is C15H19F3N2O2. The molecule has 1 heterocycles. The first-order chi connectivity index (χ1) is 10.2. The Morgan fingerprint density at radius 1 is 1.05 bits per heavy atom. The molecule has 0 unspecified atom stereocenters. The predicted molar refractivity (Wildman–Crippen MR) is 75.6 cm³/mol. The number of rotatable bonds is 2. The van der Waals surface area contributed by atoms with Crippen molar-refractivity contribution in [2.45, 2.75) is 20.8 Å². The smallest absolute Gasteiger partial charge is 0.330 e. The van der Waals surface area contributed by atoms with Gasteiger partial charge in [-0.15, -0.1) is 5.06 Å². The lowest BCUT2D eigenvalue weighted by atomic mass is 9.98. The summed E-state index contributed by atoms with van der Waals surface area (Å²) in [6, 6.07) is 1.66. The molecule has 0 saturated carbocycles. The lowest BCUT2D eigenvalue weighted by molar-refractivity contribution is -0.201. The quantitative estimate of drug-likeness (QED) is 0.786. The maximum absolute atomic E-state index is 13.8. The van der Waals surface area contributed by atoms with Gasteiger partial charge in [0.05, 0.1) is 18.5 Å². The van der Waals surface area contributed by atoms with E-state index < -0.39 is 22.9 Å². The summed E-state index contributed by atoms with van der Waals surface area (Å²) < 4.78 is 40.7. The molecule has 1 aliphatic heterocycles. The first-order valence-electron chi connectivity index (χ1n) is 7.06. The van der Waals surface area contributed by atoms with Gasteiger partial charge in [0.1, 0.15) is 11.5 Å². The molecule has 1 aliphatic rings. The van der Waals surface area contributed by atoms with Crippen molar-refractivity contribution in [1.82, 2.24) is 5.06 Å². The van der Waals surface area contributed by atoms with Crippen LogP contribution in [0.25, 0.3) is 0 Å². The molecule has 1 saturated heterocycles. The fourth-order valence-corrected chi connectivity index (χ4v) is 2.06. The summed E-state index contributed by atoms with van der Waals surface area (Å²) in [7, 11) is 0. The number of anilines is 1. The second-order valence-corrected chi connectivity index (χ2v) is 6.24. The van der Waals surface area contributed by atoms with Crippen LogP contribution in [0.5, 0.6) is 0 Å². The second kappa shape index (κ2) is 6.16. The van der Waals surface area contributed by atoms with E-state index in [0.717, 1.165) is 12.1 Å². The molecule has 1 aromatic rings. The summed E-state index contributed by atoms with van der Waals surface area (Å²) in [5.41, 5.74) is -1.00. The molecule has 7 heteroatoms. The molecule has 1 fully saturated rings. The standard InChI is InChI=1S/C15H19F3N2O2/c1-15(2,3)14(21)22-20-8-6-19(7-9-20)13-11(17)5-4-10(16)12(13)18/h4-5H,6-9H2,1-3H3. The molecular weight excluding hydrogens is 297 g/mol. The molecule has 122 valence electrons. The van der Waals surface area contributed by atoms with Gasteiger partial charge in [0.15, 0.2) is 11.6 Å². The number of carbonyl (C=O) groups is 1. The number of halogens is 3. The van der Waals surface area contributed by atoms with Crippen molar-refractivity contribution in [1.29, 1.82) is 0 Å². The fraction of sp³-hybridized carbons (Fsp3) is 0.533. The zero-order valence-corrected chi connectivity index (χ0v) is 12.8. The van der Waals surface area contributed by atoms with Gasteiger partial charge in [0.25, 0.3) is 0 Å². The molecule has 0 bridgehead atoms. The van der Waals surface area contributed by atoms with Crippen LogP contribution in [0, 0.1) is 22.9 Å². The lowest BCUT2D eigenvalue weighted by Crippen LogP contribution is -2.48. The fourth-order valence-electron chi connectivity index (χ4n) is 2.06. The van der Waals surface area contributed by atoms with Crippen LogP contribution in [0.1, 0.15) is 20.8 Å². The Morgan fingerprint density at radius 2 is 1.59 bits per heavy atom. The first kappa shape index (κ1) is 16.6. The average molecular weight is 316 g/mol. The number of hydrogen-bond acceptors (Lipinski definition) is 4. The number of piperazine rings is 1. The third kappa shape index (κ3) is 3.52. The van der Waals surface area contributed by atoms with Crippen LogP contribution in [-0.2, 0) is 9.63 Å². The van der Waals surface area contributed by atoms with Crippen molar-refractivity contribution >= 4 is 11.7 Å². The highest BCUT2D eigenvalue weighted by Crippen LogP contribution is 2.26. The molecule has 1 aromatic carbocycles. The van der Waals surface area contributed by atoms with Crippen molar-refractivity contribution in [2.75, 3.05) is 31.1 Å². The Morgan fingerprint density at radius 3 is 2.14 bits per heavy atom. The first-order valence-corrected chi connectivity index (χ1v) is 7.06. The van der Waals surface area contributed by atoms with E-state index in [1.807, 2.05) is 0 Å². The van der Waals surface area contributed by atoms with Crippen LogP contribution in [0.2, 0.25) is 0 Å². The van der Waals surface area contributed by atoms with Crippen LogP contribution in [0.4, 0.5) is 18.9 Å². The van der Waals surface area contributed by atoms with Crippen molar-refractivity contribution in [2.24, 2.45) is 5.41 Å². The average Bonchev–Trinajstić information content (AvgIpc) is 2.44. The van der Waals surface area contributed by atoms with Gasteiger partial charge in [-0.1, -0.05) is 0 Å². The molecule has 4 nitrogen and oxygen atoms in total. The van der Waals surface area contributed by atoms with Crippen molar-refractivity contribution in [3.05, 3.63) is 29.6 Å². The lowest BCUT2D eigenvalue weighted by Gasteiger charge is -2.35. The zero-order chi connectivity index (χ0) is 16.5. The number of nitrogens with zero attached hydrogens (tertiary/aromatic N) is 2. The Kier molecular flexibility index (Phi) is 4.65. The van der Waals surface area contributed by atoms with Gasteiger partial charge in [0, 0.05) is 13.1 Å². The summed E-state index contributed by atoms with van der Waals surface area (Å²) in [5, 5.41) is 1.46. The van der Waals surface area contributed by atoms with Gasteiger partial charge in [-0.3, -0.25) is 0 Å². The summed E-state index contributed by atoms with van der Waals surface area (Å²) in [5.74, 6) is -3.46. The highest BCUT2D eigenvalue weighted by atomic mass is 19.2. The van der Waals surface area contributed by atoms with E-state index >= 15 is 0 Å². The zero-order valence-electron chi connectivity index (χ0n) is 12.8. The second-order valence-electron chi connectivity index (χ2n) is 6.24. The maximum Gasteiger partial charge on any atom is 0.330 e. The number of carbonyl (C=O) groups excluding carboxylic acids is 1. The minimum absolute atomic E-state index is 0.231. The van der Waals surface area contributed by atoms with Gasteiger partial charge in [-0.05, 0) is 32.9 Å². The topological polar surface area (TPSA) is 32.8 Å². The predicted octanol–water partition coefficient (Wildman–Crippen LogP) is 2.73. The number of benzene rings is 1. The Balaban J connectivity index is 2.01. The van der Waals surface area contributed by atoms with Crippen molar-refractivity contribution in [3.8, 4) is 0 Å². The van der Waals surface area contributed by atoms with Gasteiger partial charge in [-0.25, -0.2) is 18.0 Å². The number of hydrogen-bond donors (Lipinski definition) is 0. The minimum atomic E-state index is -1.19. The SMILES string of the molecule is CC(C)(C)C(=O)ON1CCN(c2c(F)ccc(F)c2F)CC1. The van der Waals surface area contributed by atoms with E-state index in [-0.39, 0.29) is 37.8 Å². The monoisotopic (exact) mass is 316 g/mol. The Bertz CT molecular complexity index is 565.